The Balaban J connectivity index is 1.86. The summed E-state index contributed by atoms with van der Waals surface area (Å²) in [4.78, 5) is 30.6. The van der Waals surface area contributed by atoms with Gasteiger partial charge in [-0.25, -0.2) is 0 Å². The first-order valence-corrected chi connectivity index (χ1v) is 8.84. The summed E-state index contributed by atoms with van der Waals surface area (Å²) >= 11 is 0. The molecule has 2 N–H and O–H groups in total. The van der Waals surface area contributed by atoms with Crippen LogP contribution in [0, 0.1) is 0 Å². The summed E-state index contributed by atoms with van der Waals surface area (Å²) in [6, 6.07) is 16.4. The van der Waals surface area contributed by atoms with Crippen LogP contribution in [0.2, 0.25) is 0 Å². The van der Waals surface area contributed by atoms with Gasteiger partial charge in [-0.3, -0.25) is 19.5 Å². The number of aliphatic carboxylic acids is 1. The number of rotatable bonds is 4. The summed E-state index contributed by atoms with van der Waals surface area (Å²) in [6.07, 6.45) is 4.40. The number of aliphatic imine (C=N–C) groups is 1. The van der Waals surface area contributed by atoms with E-state index in [1.165, 1.54) is 17.2 Å². The minimum Gasteiger partial charge on any atom is -0.506 e. The van der Waals surface area contributed by atoms with Gasteiger partial charge in [-0.15, -0.1) is 0 Å². The zero-order valence-corrected chi connectivity index (χ0v) is 14.9. The Morgan fingerprint density at radius 3 is 2.39 bits per heavy atom. The summed E-state index contributed by atoms with van der Waals surface area (Å²) in [5.74, 6) is -0.662. The third kappa shape index (κ3) is 2.89. The largest absolute Gasteiger partial charge is 0.506 e. The third-order valence-corrected chi connectivity index (χ3v) is 5.04. The van der Waals surface area contributed by atoms with Crippen molar-refractivity contribution in [1.29, 1.82) is 0 Å². The second kappa shape index (κ2) is 6.81. The van der Waals surface area contributed by atoms with Crippen molar-refractivity contribution in [3.63, 3.8) is 0 Å². The van der Waals surface area contributed by atoms with Crippen molar-refractivity contribution in [1.82, 2.24) is 4.90 Å². The highest BCUT2D eigenvalue weighted by Gasteiger charge is 2.48. The van der Waals surface area contributed by atoms with Gasteiger partial charge in [-0.1, -0.05) is 54.6 Å². The highest BCUT2D eigenvalue weighted by molar-refractivity contribution is 6.12. The molecule has 1 amide bonds. The van der Waals surface area contributed by atoms with Gasteiger partial charge in [0.15, 0.2) is 0 Å². The molecule has 0 fully saturated rings. The Morgan fingerprint density at radius 1 is 1.04 bits per heavy atom. The van der Waals surface area contributed by atoms with Crippen LogP contribution in [0.5, 0.6) is 0 Å². The quantitative estimate of drug-likeness (QED) is 0.861. The summed E-state index contributed by atoms with van der Waals surface area (Å²) in [5, 5.41) is 18.9. The number of nitrogens with zero attached hydrogens (tertiary/aromatic N) is 2. The van der Waals surface area contributed by atoms with Crippen molar-refractivity contribution in [3.8, 4) is 0 Å². The molecule has 0 aliphatic carbocycles. The number of aliphatic hydroxyl groups excluding tert-OH is 1. The molecule has 4 rings (SSSR count). The summed E-state index contributed by atoms with van der Waals surface area (Å²) in [7, 11) is 0. The minimum atomic E-state index is -1.06. The Kier molecular flexibility index (Phi) is 4.31. The SMILES string of the molecule is O=C(O)Cc1ccc(C2(c3ccccc3)CN=C3C=CC(O)=CN3C2=O)cc1. The number of carboxylic acid groups (broad SMARTS) is 1. The van der Waals surface area contributed by atoms with Gasteiger partial charge in [-0.05, 0) is 28.8 Å². The maximum atomic E-state index is 13.7. The van der Waals surface area contributed by atoms with Gasteiger partial charge in [0.05, 0.1) is 19.2 Å². The van der Waals surface area contributed by atoms with Crippen molar-refractivity contribution >= 4 is 17.7 Å². The van der Waals surface area contributed by atoms with Crippen molar-refractivity contribution < 1.29 is 19.8 Å². The number of fused-ring (bicyclic) bond motifs is 1. The summed E-state index contributed by atoms with van der Waals surface area (Å²) < 4.78 is 0. The smallest absolute Gasteiger partial charge is 0.307 e. The number of hydrogen-bond acceptors (Lipinski definition) is 4. The van der Waals surface area contributed by atoms with Gasteiger partial charge < -0.3 is 10.2 Å². The van der Waals surface area contributed by atoms with Gasteiger partial charge >= 0.3 is 5.97 Å². The number of amides is 1. The molecule has 0 radical (unpaired) electrons. The van der Waals surface area contributed by atoms with Gasteiger partial charge in [0.2, 0.25) is 5.91 Å². The van der Waals surface area contributed by atoms with Crippen LogP contribution in [0.4, 0.5) is 0 Å². The fraction of sp³-hybridized carbons (Fsp3) is 0.136. The maximum absolute atomic E-state index is 13.7. The Morgan fingerprint density at radius 2 is 1.71 bits per heavy atom. The summed E-state index contributed by atoms with van der Waals surface area (Å²) in [5.41, 5.74) is 1.11. The molecule has 2 aliphatic heterocycles. The van der Waals surface area contributed by atoms with Crippen LogP contribution in [0.1, 0.15) is 16.7 Å². The normalized spacial score (nSPS) is 21.0. The van der Waals surface area contributed by atoms with Gasteiger partial charge in [0, 0.05) is 0 Å². The molecule has 1 unspecified atom stereocenters. The molecule has 2 aromatic carbocycles. The molecule has 28 heavy (non-hydrogen) atoms. The van der Waals surface area contributed by atoms with E-state index in [9.17, 15) is 14.7 Å². The van der Waals surface area contributed by atoms with Crippen molar-refractivity contribution in [2.75, 3.05) is 6.54 Å². The number of benzene rings is 2. The predicted molar refractivity (Wildman–Crippen MR) is 104 cm³/mol. The van der Waals surface area contributed by atoms with E-state index in [2.05, 4.69) is 4.99 Å². The van der Waals surface area contributed by atoms with Crippen LogP contribution >= 0.6 is 0 Å². The molecular weight excluding hydrogens is 356 g/mol. The molecule has 0 saturated heterocycles. The van der Waals surface area contributed by atoms with E-state index in [1.807, 2.05) is 30.3 Å². The Labute approximate surface area is 161 Å². The minimum absolute atomic E-state index is 0.0204. The highest BCUT2D eigenvalue weighted by Crippen LogP contribution is 2.38. The van der Waals surface area contributed by atoms with Crippen LogP contribution in [-0.4, -0.2) is 39.4 Å². The lowest BCUT2D eigenvalue weighted by atomic mass is 9.72. The van der Waals surface area contributed by atoms with E-state index in [-0.39, 0.29) is 24.6 Å². The summed E-state index contributed by atoms with van der Waals surface area (Å²) in [6.45, 7) is 0.221. The van der Waals surface area contributed by atoms with Gasteiger partial charge in [0.25, 0.3) is 0 Å². The van der Waals surface area contributed by atoms with Crippen LogP contribution in [0.25, 0.3) is 0 Å². The molecule has 6 nitrogen and oxygen atoms in total. The molecule has 1 atom stereocenters. The van der Waals surface area contributed by atoms with E-state index in [0.717, 1.165) is 11.1 Å². The third-order valence-electron chi connectivity index (χ3n) is 5.04. The molecule has 0 bridgehead atoms. The van der Waals surface area contributed by atoms with Crippen LogP contribution in [0.15, 0.2) is 83.7 Å². The Bertz CT molecular complexity index is 1020. The first-order chi connectivity index (χ1) is 13.5. The fourth-order valence-corrected chi connectivity index (χ4v) is 3.65. The zero-order chi connectivity index (χ0) is 19.7. The van der Waals surface area contributed by atoms with E-state index in [4.69, 9.17) is 5.11 Å². The van der Waals surface area contributed by atoms with Crippen molar-refractivity contribution in [2.24, 2.45) is 4.99 Å². The van der Waals surface area contributed by atoms with E-state index < -0.39 is 11.4 Å². The molecule has 2 aliphatic rings. The van der Waals surface area contributed by atoms with E-state index in [0.29, 0.717) is 11.4 Å². The lowest BCUT2D eigenvalue weighted by Gasteiger charge is -2.40. The van der Waals surface area contributed by atoms with Crippen LogP contribution in [-0.2, 0) is 21.4 Å². The Hall–Kier alpha value is -3.67. The molecule has 0 saturated carbocycles. The van der Waals surface area contributed by atoms with E-state index in [1.54, 1.807) is 30.3 Å². The molecule has 2 aromatic rings. The topological polar surface area (TPSA) is 90.2 Å². The lowest BCUT2D eigenvalue weighted by Crippen LogP contribution is -2.53. The maximum Gasteiger partial charge on any atom is 0.307 e. The van der Waals surface area contributed by atoms with Crippen molar-refractivity contribution in [3.05, 3.63) is 95.4 Å². The fourth-order valence-electron chi connectivity index (χ4n) is 3.65. The van der Waals surface area contributed by atoms with Crippen LogP contribution < -0.4 is 0 Å². The first-order valence-electron chi connectivity index (χ1n) is 8.84. The average Bonchev–Trinajstić information content (AvgIpc) is 2.70. The number of carbonyl (C=O) groups excluding carboxylic acids is 1. The molecule has 2 heterocycles. The zero-order valence-electron chi connectivity index (χ0n) is 14.9. The number of carbonyl (C=O) groups is 2. The number of allylic oxidation sites excluding steroid dienone is 1. The highest BCUT2D eigenvalue weighted by atomic mass is 16.4. The predicted octanol–water partition coefficient (Wildman–Crippen LogP) is 2.81. The van der Waals surface area contributed by atoms with Crippen molar-refractivity contribution in [2.45, 2.75) is 11.8 Å². The van der Waals surface area contributed by atoms with Gasteiger partial charge in [0.1, 0.15) is 17.0 Å². The molecule has 140 valence electrons. The number of hydrogen-bond donors (Lipinski definition) is 2. The molecular formula is C22H18N2O4. The number of amidine groups is 1. The molecule has 0 aromatic heterocycles. The van der Waals surface area contributed by atoms with Crippen LogP contribution in [0.3, 0.4) is 0 Å². The first kappa shape index (κ1) is 17.7. The molecule has 6 heteroatoms. The average molecular weight is 374 g/mol. The lowest BCUT2D eigenvalue weighted by molar-refractivity contribution is -0.136. The molecule has 0 spiro atoms. The monoisotopic (exact) mass is 374 g/mol. The second-order valence-electron chi connectivity index (χ2n) is 6.78. The number of aliphatic hydroxyl groups is 1. The standard InChI is InChI=1S/C22H18N2O4/c25-18-10-11-19-23-14-22(21(28)24(19)13-18,16-4-2-1-3-5-16)17-8-6-15(7-9-17)12-20(26)27/h1-11,13,25H,12,14H2,(H,26,27). The van der Waals surface area contributed by atoms with E-state index >= 15 is 0 Å². The van der Waals surface area contributed by atoms with Gasteiger partial charge in [-0.2, -0.15) is 0 Å². The number of carboxylic acids is 1. The second-order valence-corrected chi connectivity index (χ2v) is 6.78.